The largest absolute Gasteiger partial charge is 0.496 e. The van der Waals surface area contributed by atoms with Gasteiger partial charge in [-0.1, -0.05) is 6.07 Å². The van der Waals surface area contributed by atoms with Gasteiger partial charge in [0.1, 0.15) is 5.75 Å². The number of methoxy groups -OCH3 is 1. The van der Waals surface area contributed by atoms with Crippen LogP contribution in [0.15, 0.2) is 30.6 Å². The Morgan fingerprint density at radius 3 is 2.68 bits per heavy atom. The Hall–Kier alpha value is -2.33. The Bertz CT molecular complexity index is 817. The fraction of sp³-hybridized carbons (Fsp3) is 0.333. The maximum atomic E-state index is 12.1. The summed E-state index contributed by atoms with van der Waals surface area (Å²) in [5.74, 6) is 0.632. The van der Waals surface area contributed by atoms with E-state index in [1.54, 1.807) is 27.0 Å². The molecular weight excluding hydrogens is 302 g/mol. The summed E-state index contributed by atoms with van der Waals surface area (Å²) in [6.45, 7) is 3.21. The molecule has 0 amide bonds. The van der Waals surface area contributed by atoms with Crippen molar-refractivity contribution in [3.63, 3.8) is 0 Å². The second-order valence-electron chi connectivity index (χ2n) is 5.06. The predicted octanol–water partition coefficient (Wildman–Crippen LogP) is 2.21. The van der Waals surface area contributed by atoms with Crippen LogP contribution >= 0.6 is 0 Å². The molecule has 2 rings (SSSR count). The lowest BCUT2D eigenvalue weighted by atomic mass is 10.0. The van der Waals surface area contributed by atoms with E-state index < -0.39 is 15.3 Å². The van der Waals surface area contributed by atoms with Crippen LogP contribution in [0.2, 0.25) is 0 Å². The molecule has 0 aliphatic heterocycles. The lowest BCUT2D eigenvalue weighted by Gasteiger charge is -2.08. The quantitative estimate of drug-likeness (QED) is 0.843. The summed E-state index contributed by atoms with van der Waals surface area (Å²) in [6.07, 6.45) is 3.20. The van der Waals surface area contributed by atoms with Crippen molar-refractivity contribution in [3.05, 3.63) is 36.2 Å². The van der Waals surface area contributed by atoms with E-state index in [0.29, 0.717) is 11.3 Å². The van der Waals surface area contributed by atoms with E-state index in [4.69, 9.17) is 10.00 Å². The van der Waals surface area contributed by atoms with E-state index in [2.05, 4.69) is 11.2 Å². The third-order valence-electron chi connectivity index (χ3n) is 3.30. The molecule has 0 radical (unpaired) electrons. The first-order chi connectivity index (χ1) is 10.4. The van der Waals surface area contributed by atoms with Gasteiger partial charge >= 0.3 is 0 Å². The fourth-order valence-electron chi connectivity index (χ4n) is 1.99. The maximum absolute atomic E-state index is 12.1. The number of ether oxygens (including phenoxy) is 1. The van der Waals surface area contributed by atoms with Crippen LogP contribution in [0.1, 0.15) is 19.4 Å². The average molecular weight is 319 g/mol. The van der Waals surface area contributed by atoms with Crippen LogP contribution < -0.4 is 4.74 Å². The maximum Gasteiger partial charge on any atom is 0.256 e. The van der Waals surface area contributed by atoms with Crippen molar-refractivity contribution in [2.75, 3.05) is 7.11 Å². The second kappa shape index (κ2) is 6.20. The molecule has 7 heteroatoms. The Morgan fingerprint density at radius 1 is 1.36 bits per heavy atom. The summed E-state index contributed by atoms with van der Waals surface area (Å²) in [7, 11) is -1.92. The van der Waals surface area contributed by atoms with Crippen molar-refractivity contribution in [3.8, 4) is 22.9 Å². The monoisotopic (exact) mass is 319 g/mol. The molecule has 0 aliphatic rings. The number of hydrogen-bond acceptors (Lipinski definition) is 5. The molecule has 22 heavy (non-hydrogen) atoms. The molecular formula is C15H17N3O3S. The molecule has 116 valence electrons. The van der Waals surface area contributed by atoms with Gasteiger partial charge in [0.15, 0.2) is 0 Å². The molecule has 1 aromatic carbocycles. The van der Waals surface area contributed by atoms with Gasteiger partial charge in [0.2, 0.25) is 0 Å². The molecule has 0 unspecified atom stereocenters. The summed E-state index contributed by atoms with van der Waals surface area (Å²) in [5, 5.41) is 12.3. The first-order valence-corrected chi connectivity index (χ1v) is 8.23. The van der Waals surface area contributed by atoms with Crippen LogP contribution in [-0.2, 0) is 16.4 Å². The summed E-state index contributed by atoms with van der Waals surface area (Å²) in [4.78, 5) is 0. The Morgan fingerprint density at radius 2 is 2.09 bits per heavy atom. The van der Waals surface area contributed by atoms with Crippen molar-refractivity contribution < 1.29 is 13.2 Å². The number of hydrogen-bond donors (Lipinski definition) is 0. The first kappa shape index (κ1) is 16.0. The minimum Gasteiger partial charge on any atom is -0.496 e. The second-order valence-corrected chi connectivity index (χ2v) is 7.40. The average Bonchev–Trinajstić information content (AvgIpc) is 2.98. The zero-order valence-corrected chi connectivity index (χ0v) is 13.5. The van der Waals surface area contributed by atoms with Gasteiger partial charge in [-0.15, -0.1) is 0 Å². The van der Waals surface area contributed by atoms with Gasteiger partial charge in [-0.3, -0.25) is 0 Å². The number of nitrogens with zero attached hydrogens (tertiary/aromatic N) is 3. The van der Waals surface area contributed by atoms with Gasteiger partial charge in [0.25, 0.3) is 10.0 Å². The van der Waals surface area contributed by atoms with Crippen molar-refractivity contribution in [1.82, 2.24) is 9.19 Å². The van der Waals surface area contributed by atoms with E-state index >= 15 is 0 Å². The third kappa shape index (κ3) is 2.97. The highest BCUT2D eigenvalue weighted by molar-refractivity contribution is 7.90. The molecule has 1 aromatic heterocycles. The van der Waals surface area contributed by atoms with E-state index in [-0.39, 0.29) is 6.42 Å². The van der Waals surface area contributed by atoms with Gasteiger partial charge in [0, 0.05) is 11.1 Å². The molecule has 0 saturated carbocycles. The molecule has 0 saturated heterocycles. The Kier molecular flexibility index (Phi) is 4.52. The van der Waals surface area contributed by atoms with E-state index in [9.17, 15) is 8.42 Å². The topological polar surface area (TPSA) is 85.0 Å². The summed E-state index contributed by atoms with van der Waals surface area (Å²) < 4.78 is 30.4. The van der Waals surface area contributed by atoms with Crippen molar-refractivity contribution in [2.45, 2.75) is 25.5 Å². The minimum absolute atomic E-state index is 0.218. The molecule has 0 atom stereocenters. The van der Waals surface area contributed by atoms with Crippen molar-refractivity contribution in [2.24, 2.45) is 0 Å². The van der Waals surface area contributed by atoms with Crippen LogP contribution in [0, 0.1) is 11.3 Å². The minimum atomic E-state index is -3.47. The molecule has 0 spiro atoms. The van der Waals surface area contributed by atoms with Crippen LogP contribution in [-0.4, -0.2) is 30.0 Å². The highest BCUT2D eigenvalue weighted by atomic mass is 32.2. The molecule has 0 N–H and O–H groups in total. The summed E-state index contributed by atoms with van der Waals surface area (Å²) in [6, 6.07) is 7.46. The molecule has 0 aliphatic carbocycles. The first-order valence-electron chi connectivity index (χ1n) is 6.73. The van der Waals surface area contributed by atoms with Gasteiger partial charge in [-0.05, 0) is 31.5 Å². The SMILES string of the molecule is COc1ccc(-c2cnn(S(=O)(=O)C(C)C)c2)cc1CC#N. The summed E-state index contributed by atoms with van der Waals surface area (Å²) >= 11 is 0. The van der Waals surface area contributed by atoms with Crippen LogP contribution in [0.25, 0.3) is 11.1 Å². The van der Waals surface area contributed by atoms with E-state index in [1.165, 1.54) is 12.4 Å². The molecule has 0 bridgehead atoms. The van der Waals surface area contributed by atoms with E-state index in [1.807, 2.05) is 12.1 Å². The zero-order chi connectivity index (χ0) is 16.3. The zero-order valence-electron chi connectivity index (χ0n) is 12.6. The number of aromatic nitrogens is 2. The number of rotatable bonds is 5. The highest BCUT2D eigenvalue weighted by Gasteiger charge is 2.20. The predicted molar refractivity (Wildman–Crippen MR) is 83.0 cm³/mol. The van der Waals surface area contributed by atoms with Gasteiger partial charge < -0.3 is 4.74 Å². The molecule has 0 fully saturated rings. The molecule has 1 heterocycles. The smallest absolute Gasteiger partial charge is 0.256 e. The number of benzene rings is 1. The normalized spacial score (nSPS) is 11.4. The standard InChI is InChI=1S/C15H17N3O3S/c1-11(2)22(19,20)18-10-14(9-17-18)12-4-5-15(21-3)13(8-12)6-7-16/h4-5,8-11H,6H2,1-3H3. The van der Waals surface area contributed by atoms with Gasteiger partial charge in [-0.2, -0.15) is 14.4 Å². The Labute approximate surface area is 130 Å². The van der Waals surface area contributed by atoms with Crippen LogP contribution in [0.3, 0.4) is 0 Å². The van der Waals surface area contributed by atoms with Crippen molar-refractivity contribution >= 4 is 10.0 Å². The third-order valence-corrected chi connectivity index (χ3v) is 5.21. The highest BCUT2D eigenvalue weighted by Crippen LogP contribution is 2.27. The summed E-state index contributed by atoms with van der Waals surface area (Å²) in [5.41, 5.74) is 2.21. The molecule has 2 aromatic rings. The lowest BCUT2D eigenvalue weighted by molar-refractivity contribution is 0.411. The van der Waals surface area contributed by atoms with Gasteiger partial charge in [0.05, 0.1) is 37.2 Å². The lowest BCUT2D eigenvalue weighted by Crippen LogP contribution is -2.22. The molecule has 6 nitrogen and oxygen atoms in total. The Balaban J connectivity index is 2.44. The fourth-order valence-corrected chi connectivity index (χ4v) is 2.86. The van der Waals surface area contributed by atoms with E-state index in [0.717, 1.165) is 15.2 Å². The van der Waals surface area contributed by atoms with Crippen LogP contribution in [0.4, 0.5) is 0 Å². The van der Waals surface area contributed by atoms with Crippen molar-refractivity contribution in [1.29, 1.82) is 5.26 Å². The van der Waals surface area contributed by atoms with Gasteiger partial charge in [-0.25, -0.2) is 8.42 Å². The number of nitriles is 1. The van der Waals surface area contributed by atoms with Crippen LogP contribution in [0.5, 0.6) is 5.75 Å².